The topological polar surface area (TPSA) is 51.0 Å². The molecule has 2 aromatic carbocycles. The number of fused-ring (bicyclic) bond motifs is 2. The van der Waals surface area contributed by atoms with Crippen molar-refractivity contribution in [2.75, 3.05) is 11.4 Å². The lowest BCUT2D eigenvalue weighted by molar-refractivity contribution is -0.119. The highest BCUT2D eigenvalue weighted by molar-refractivity contribution is 5.95. The first-order valence-corrected chi connectivity index (χ1v) is 7.91. The zero-order valence-corrected chi connectivity index (χ0v) is 13.1. The molecule has 5 heteroatoms. The average Bonchev–Trinajstić information content (AvgIpc) is 2.98. The fourth-order valence-electron chi connectivity index (χ4n) is 3.34. The Balaban J connectivity index is 1.66. The molecule has 0 aliphatic carbocycles. The Kier molecular flexibility index (Phi) is 3.33. The van der Waals surface area contributed by atoms with E-state index >= 15 is 0 Å². The van der Waals surface area contributed by atoms with Crippen molar-refractivity contribution in [2.24, 2.45) is 0 Å². The molecule has 0 unspecified atom stereocenters. The third kappa shape index (κ3) is 2.38. The van der Waals surface area contributed by atoms with Crippen LogP contribution in [0.5, 0.6) is 0 Å². The Morgan fingerprint density at radius 1 is 1.17 bits per heavy atom. The summed E-state index contributed by atoms with van der Waals surface area (Å²) in [6, 6.07) is 14.0. The van der Waals surface area contributed by atoms with Crippen molar-refractivity contribution in [1.82, 2.24) is 15.0 Å². The molecule has 0 bridgehead atoms. The highest BCUT2D eigenvalue weighted by Crippen LogP contribution is 2.30. The summed E-state index contributed by atoms with van der Waals surface area (Å²) in [5, 5.41) is 8.25. The maximum atomic E-state index is 12.9. The van der Waals surface area contributed by atoms with E-state index in [0.29, 0.717) is 0 Å². The molecule has 116 valence electrons. The van der Waals surface area contributed by atoms with Crippen LogP contribution in [-0.4, -0.2) is 27.4 Å². The van der Waals surface area contributed by atoms with Crippen LogP contribution in [0.25, 0.3) is 11.0 Å². The van der Waals surface area contributed by atoms with Crippen molar-refractivity contribution >= 4 is 22.6 Å². The van der Waals surface area contributed by atoms with Crippen LogP contribution in [0.2, 0.25) is 0 Å². The third-order valence-electron chi connectivity index (χ3n) is 4.43. The number of benzene rings is 2. The second-order valence-electron chi connectivity index (χ2n) is 5.97. The Labute approximate surface area is 134 Å². The summed E-state index contributed by atoms with van der Waals surface area (Å²) in [4.78, 5) is 14.8. The van der Waals surface area contributed by atoms with Crippen LogP contribution < -0.4 is 4.90 Å². The zero-order valence-electron chi connectivity index (χ0n) is 13.1. The number of nitrogens with zero attached hydrogens (tertiary/aromatic N) is 4. The van der Waals surface area contributed by atoms with Crippen LogP contribution in [-0.2, 0) is 17.8 Å². The maximum Gasteiger partial charge on any atom is 0.248 e. The Bertz CT molecular complexity index is 884. The molecule has 1 amide bonds. The normalized spacial score (nSPS) is 14.0. The molecule has 1 aliphatic rings. The lowest BCUT2D eigenvalue weighted by Crippen LogP contribution is -2.38. The van der Waals surface area contributed by atoms with Crippen molar-refractivity contribution in [3.8, 4) is 0 Å². The molecule has 2 heterocycles. The molecule has 3 aromatic rings. The molecule has 1 aliphatic heterocycles. The van der Waals surface area contributed by atoms with Crippen molar-refractivity contribution in [1.29, 1.82) is 0 Å². The second-order valence-corrected chi connectivity index (χ2v) is 5.97. The Morgan fingerprint density at radius 2 is 2.04 bits per heavy atom. The molecule has 1 aromatic heterocycles. The van der Waals surface area contributed by atoms with Gasteiger partial charge in [0.1, 0.15) is 12.1 Å². The number of aromatic nitrogens is 3. The van der Waals surface area contributed by atoms with Crippen LogP contribution in [0.1, 0.15) is 17.5 Å². The van der Waals surface area contributed by atoms with Gasteiger partial charge in [0.15, 0.2) is 0 Å². The van der Waals surface area contributed by atoms with Gasteiger partial charge < -0.3 is 4.90 Å². The van der Waals surface area contributed by atoms with E-state index in [4.69, 9.17) is 0 Å². The monoisotopic (exact) mass is 306 g/mol. The number of carbonyl (C=O) groups excluding carboxylic acids is 1. The van der Waals surface area contributed by atoms with E-state index in [1.165, 1.54) is 5.56 Å². The van der Waals surface area contributed by atoms with Gasteiger partial charge in [-0.25, -0.2) is 4.68 Å². The predicted molar refractivity (Wildman–Crippen MR) is 89.4 cm³/mol. The molecule has 0 fully saturated rings. The Morgan fingerprint density at radius 3 is 2.96 bits per heavy atom. The van der Waals surface area contributed by atoms with E-state index in [1.807, 2.05) is 29.2 Å². The minimum absolute atomic E-state index is 0.0657. The van der Waals surface area contributed by atoms with Crippen molar-refractivity contribution in [3.63, 3.8) is 0 Å². The summed E-state index contributed by atoms with van der Waals surface area (Å²) in [6.45, 7) is 3.05. The minimum Gasteiger partial charge on any atom is -0.310 e. The van der Waals surface area contributed by atoms with E-state index in [0.717, 1.165) is 41.7 Å². The first-order chi connectivity index (χ1) is 11.2. The van der Waals surface area contributed by atoms with Gasteiger partial charge in [-0.05, 0) is 43.0 Å². The van der Waals surface area contributed by atoms with Gasteiger partial charge in [0.05, 0.1) is 5.52 Å². The highest BCUT2D eigenvalue weighted by atomic mass is 16.2. The summed E-state index contributed by atoms with van der Waals surface area (Å²) >= 11 is 0. The SMILES string of the molecule is Cc1cccc2c1N(C(=O)Cn1nnc3ccccc31)CCC2. The van der Waals surface area contributed by atoms with Gasteiger partial charge >= 0.3 is 0 Å². The summed E-state index contributed by atoms with van der Waals surface area (Å²) in [5.74, 6) is 0.0657. The van der Waals surface area contributed by atoms with E-state index in [-0.39, 0.29) is 12.5 Å². The van der Waals surface area contributed by atoms with Gasteiger partial charge in [-0.2, -0.15) is 0 Å². The second kappa shape index (κ2) is 5.50. The molecule has 0 saturated carbocycles. The van der Waals surface area contributed by atoms with Gasteiger partial charge in [0.25, 0.3) is 0 Å². The number of hydrogen-bond donors (Lipinski definition) is 0. The third-order valence-corrected chi connectivity index (χ3v) is 4.43. The van der Waals surface area contributed by atoms with Crippen molar-refractivity contribution in [3.05, 3.63) is 53.6 Å². The largest absolute Gasteiger partial charge is 0.310 e. The molecule has 0 spiro atoms. The molecular weight excluding hydrogens is 288 g/mol. The van der Waals surface area contributed by atoms with E-state index in [9.17, 15) is 4.79 Å². The first-order valence-electron chi connectivity index (χ1n) is 7.91. The van der Waals surface area contributed by atoms with Gasteiger partial charge in [-0.3, -0.25) is 4.79 Å². The fraction of sp³-hybridized carbons (Fsp3) is 0.278. The molecule has 4 rings (SSSR count). The maximum absolute atomic E-state index is 12.9. The smallest absolute Gasteiger partial charge is 0.248 e. The number of carbonyl (C=O) groups is 1. The van der Waals surface area contributed by atoms with Crippen LogP contribution in [0.4, 0.5) is 5.69 Å². The minimum atomic E-state index is 0.0657. The van der Waals surface area contributed by atoms with Gasteiger partial charge in [-0.15, -0.1) is 5.10 Å². The summed E-state index contributed by atoms with van der Waals surface area (Å²) < 4.78 is 1.68. The quantitative estimate of drug-likeness (QED) is 0.731. The van der Waals surface area contributed by atoms with Gasteiger partial charge in [0, 0.05) is 12.2 Å². The van der Waals surface area contributed by atoms with E-state index < -0.39 is 0 Å². The summed E-state index contributed by atoms with van der Waals surface area (Å²) in [6.07, 6.45) is 2.04. The van der Waals surface area contributed by atoms with E-state index in [1.54, 1.807) is 4.68 Å². The van der Waals surface area contributed by atoms with Crippen LogP contribution >= 0.6 is 0 Å². The fourth-order valence-corrected chi connectivity index (χ4v) is 3.34. The number of amides is 1. The van der Waals surface area contributed by atoms with Gasteiger partial charge in [0.2, 0.25) is 5.91 Å². The average molecular weight is 306 g/mol. The van der Waals surface area contributed by atoms with Gasteiger partial charge in [-0.1, -0.05) is 35.5 Å². The summed E-state index contributed by atoms with van der Waals surface area (Å²) in [7, 11) is 0. The van der Waals surface area contributed by atoms with Crippen LogP contribution in [0.15, 0.2) is 42.5 Å². The van der Waals surface area contributed by atoms with E-state index in [2.05, 4.69) is 35.4 Å². The van der Waals surface area contributed by atoms with Crippen molar-refractivity contribution < 1.29 is 4.79 Å². The highest BCUT2D eigenvalue weighted by Gasteiger charge is 2.24. The number of hydrogen-bond acceptors (Lipinski definition) is 3. The standard InChI is InChI=1S/C18H18N4O/c1-13-6-4-7-14-8-5-11-21(18(13)14)17(23)12-22-16-10-3-2-9-15(16)19-20-22/h2-4,6-7,9-10H,5,8,11-12H2,1H3. The number of aryl methyl sites for hydroxylation is 2. The molecule has 0 radical (unpaired) electrons. The summed E-state index contributed by atoms with van der Waals surface area (Å²) in [5.41, 5.74) is 5.19. The number of para-hydroxylation sites is 2. The number of anilines is 1. The zero-order chi connectivity index (χ0) is 15.8. The lowest BCUT2D eigenvalue weighted by Gasteiger charge is -2.31. The van der Waals surface area contributed by atoms with Crippen LogP contribution in [0.3, 0.4) is 0 Å². The molecule has 5 nitrogen and oxygen atoms in total. The van der Waals surface area contributed by atoms with Crippen molar-refractivity contribution in [2.45, 2.75) is 26.3 Å². The molecule has 23 heavy (non-hydrogen) atoms. The first kappa shape index (κ1) is 13.9. The molecular formula is C18H18N4O. The van der Waals surface area contributed by atoms with Crippen LogP contribution in [0, 0.1) is 6.92 Å². The predicted octanol–water partition coefficient (Wildman–Crippen LogP) is 2.72. The molecule has 0 atom stereocenters. The lowest BCUT2D eigenvalue weighted by atomic mass is 9.98. The number of rotatable bonds is 2. The Hall–Kier alpha value is -2.69. The molecule has 0 N–H and O–H groups in total. The molecule has 0 saturated heterocycles.